The molecule has 0 aliphatic rings. The van der Waals surface area contributed by atoms with Crippen molar-refractivity contribution in [2.45, 2.75) is 20.3 Å². The van der Waals surface area contributed by atoms with E-state index >= 15 is 0 Å². The van der Waals surface area contributed by atoms with Gasteiger partial charge in [0, 0.05) is 36.1 Å². The highest BCUT2D eigenvalue weighted by atomic mass is 16.1. The SMILES string of the molecule is Cc1cccc(CC(=O)c2cn(C)c3cc(C)ccc23)c1. The molecule has 0 aliphatic heterocycles. The molecule has 0 saturated carbocycles. The molecule has 1 aromatic heterocycles. The van der Waals surface area contributed by atoms with Gasteiger partial charge in [-0.3, -0.25) is 4.79 Å². The number of hydrogen-bond donors (Lipinski definition) is 0. The van der Waals surface area contributed by atoms with Gasteiger partial charge in [-0.25, -0.2) is 0 Å². The van der Waals surface area contributed by atoms with Gasteiger partial charge in [-0.15, -0.1) is 0 Å². The zero-order chi connectivity index (χ0) is 15.0. The van der Waals surface area contributed by atoms with Crippen molar-refractivity contribution >= 4 is 16.7 Å². The average Bonchev–Trinajstić information content (AvgIpc) is 2.76. The van der Waals surface area contributed by atoms with Crippen LogP contribution >= 0.6 is 0 Å². The van der Waals surface area contributed by atoms with Crippen LogP contribution in [0.4, 0.5) is 0 Å². The fourth-order valence-electron chi connectivity index (χ4n) is 2.82. The molecule has 2 aromatic carbocycles. The highest BCUT2D eigenvalue weighted by molar-refractivity contribution is 6.08. The molecule has 0 aliphatic carbocycles. The van der Waals surface area contributed by atoms with Gasteiger partial charge in [-0.2, -0.15) is 0 Å². The van der Waals surface area contributed by atoms with Crippen molar-refractivity contribution in [2.24, 2.45) is 7.05 Å². The van der Waals surface area contributed by atoms with E-state index in [1.54, 1.807) is 0 Å². The molecule has 0 unspecified atom stereocenters. The van der Waals surface area contributed by atoms with Gasteiger partial charge in [-0.05, 0) is 31.0 Å². The standard InChI is InChI=1S/C19H19NO/c1-13-5-4-6-15(9-13)11-19(21)17-12-20(3)18-10-14(2)7-8-16(17)18/h4-10,12H,11H2,1-3H3. The van der Waals surface area contributed by atoms with Gasteiger partial charge in [0.05, 0.1) is 0 Å². The molecule has 0 amide bonds. The van der Waals surface area contributed by atoms with Crippen LogP contribution in [0.15, 0.2) is 48.7 Å². The predicted octanol–water partition coefficient (Wildman–Crippen LogP) is 4.22. The molecule has 3 rings (SSSR count). The van der Waals surface area contributed by atoms with Gasteiger partial charge < -0.3 is 4.57 Å². The summed E-state index contributed by atoms with van der Waals surface area (Å²) in [6, 6.07) is 14.4. The molecule has 3 aromatic rings. The smallest absolute Gasteiger partial charge is 0.169 e. The van der Waals surface area contributed by atoms with Crippen molar-refractivity contribution in [1.82, 2.24) is 4.57 Å². The van der Waals surface area contributed by atoms with E-state index in [1.165, 1.54) is 11.1 Å². The van der Waals surface area contributed by atoms with Crippen LogP contribution in [0.3, 0.4) is 0 Å². The van der Waals surface area contributed by atoms with Gasteiger partial charge in [0.2, 0.25) is 0 Å². The number of Topliss-reactive ketones (excluding diaryl/α,β-unsaturated/α-hetero) is 1. The summed E-state index contributed by atoms with van der Waals surface area (Å²) in [5.74, 6) is 0.176. The number of benzene rings is 2. The van der Waals surface area contributed by atoms with Crippen LogP contribution < -0.4 is 0 Å². The minimum atomic E-state index is 0.176. The topological polar surface area (TPSA) is 22.0 Å². The lowest BCUT2D eigenvalue weighted by atomic mass is 10.0. The summed E-state index contributed by atoms with van der Waals surface area (Å²) in [6.45, 7) is 4.12. The van der Waals surface area contributed by atoms with Crippen molar-refractivity contribution in [3.8, 4) is 0 Å². The van der Waals surface area contributed by atoms with Crippen LogP contribution in [0.1, 0.15) is 27.0 Å². The third-order valence-electron chi connectivity index (χ3n) is 3.89. The van der Waals surface area contributed by atoms with Crippen LogP contribution in [0.25, 0.3) is 10.9 Å². The minimum absolute atomic E-state index is 0.176. The number of aryl methyl sites for hydroxylation is 3. The maximum atomic E-state index is 12.6. The van der Waals surface area contributed by atoms with Gasteiger partial charge in [-0.1, -0.05) is 42.0 Å². The number of carbonyl (C=O) groups is 1. The van der Waals surface area contributed by atoms with Crippen molar-refractivity contribution in [1.29, 1.82) is 0 Å². The quantitative estimate of drug-likeness (QED) is 0.657. The molecule has 0 radical (unpaired) electrons. The minimum Gasteiger partial charge on any atom is -0.350 e. The molecular weight excluding hydrogens is 258 g/mol. The van der Waals surface area contributed by atoms with Gasteiger partial charge in [0.25, 0.3) is 0 Å². The van der Waals surface area contributed by atoms with Crippen LogP contribution in [-0.4, -0.2) is 10.4 Å². The molecule has 0 bridgehead atoms. The first-order valence-corrected chi connectivity index (χ1v) is 7.19. The van der Waals surface area contributed by atoms with Gasteiger partial charge in [0.15, 0.2) is 5.78 Å². The summed E-state index contributed by atoms with van der Waals surface area (Å²) < 4.78 is 2.03. The van der Waals surface area contributed by atoms with Crippen molar-refractivity contribution < 1.29 is 4.79 Å². The first-order chi connectivity index (χ1) is 10.0. The van der Waals surface area contributed by atoms with Crippen molar-refractivity contribution in [3.63, 3.8) is 0 Å². The predicted molar refractivity (Wildman–Crippen MR) is 86.9 cm³/mol. The Morgan fingerprint density at radius 1 is 1.05 bits per heavy atom. The fourth-order valence-corrected chi connectivity index (χ4v) is 2.82. The zero-order valence-corrected chi connectivity index (χ0v) is 12.7. The number of aromatic nitrogens is 1. The summed E-state index contributed by atoms with van der Waals surface area (Å²) in [5, 5.41) is 1.04. The normalized spacial score (nSPS) is 11.0. The highest BCUT2D eigenvalue weighted by Gasteiger charge is 2.14. The lowest BCUT2D eigenvalue weighted by Crippen LogP contribution is -2.03. The fraction of sp³-hybridized carbons (Fsp3) is 0.211. The van der Waals surface area contributed by atoms with E-state index in [9.17, 15) is 4.79 Å². The Morgan fingerprint density at radius 3 is 2.57 bits per heavy atom. The van der Waals surface area contributed by atoms with E-state index < -0.39 is 0 Å². The van der Waals surface area contributed by atoms with Gasteiger partial charge in [0.1, 0.15) is 0 Å². The molecule has 0 N–H and O–H groups in total. The van der Waals surface area contributed by atoms with E-state index in [2.05, 4.69) is 38.1 Å². The number of hydrogen-bond acceptors (Lipinski definition) is 1. The second kappa shape index (κ2) is 5.21. The highest BCUT2D eigenvalue weighted by Crippen LogP contribution is 2.23. The molecule has 0 fully saturated rings. The summed E-state index contributed by atoms with van der Waals surface area (Å²) >= 11 is 0. The Hall–Kier alpha value is -2.35. The van der Waals surface area contributed by atoms with Crippen LogP contribution in [0.2, 0.25) is 0 Å². The molecule has 0 atom stereocenters. The average molecular weight is 277 g/mol. The number of nitrogens with zero attached hydrogens (tertiary/aromatic N) is 1. The molecule has 2 nitrogen and oxygen atoms in total. The van der Waals surface area contributed by atoms with E-state index in [4.69, 9.17) is 0 Å². The molecule has 21 heavy (non-hydrogen) atoms. The Bertz CT molecular complexity index is 827. The van der Waals surface area contributed by atoms with E-state index in [1.807, 2.05) is 36.0 Å². The number of ketones is 1. The second-order valence-corrected chi connectivity index (χ2v) is 5.76. The third kappa shape index (κ3) is 2.62. The van der Waals surface area contributed by atoms with E-state index in [0.29, 0.717) is 6.42 Å². The second-order valence-electron chi connectivity index (χ2n) is 5.76. The maximum absolute atomic E-state index is 12.6. The lowest BCUT2D eigenvalue weighted by Gasteiger charge is -2.02. The van der Waals surface area contributed by atoms with Crippen molar-refractivity contribution in [2.75, 3.05) is 0 Å². The Labute approximate surface area is 125 Å². The van der Waals surface area contributed by atoms with E-state index in [-0.39, 0.29) is 5.78 Å². The summed E-state index contributed by atoms with van der Waals surface area (Å²) in [5.41, 5.74) is 5.40. The summed E-state index contributed by atoms with van der Waals surface area (Å²) in [4.78, 5) is 12.6. The maximum Gasteiger partial charge on any atom is 0.169 e. The molecular formula is C19H19NO. The first kappa shape index (κ1) is 13.6. The summed E-state index contributed by atoms with van der Waals surface area (Å²) in [7, 11) is 1.99. The Kier molecular flexibility index (Phi) is 3.38. The zero-order valence-electron chi connectivity index (χ0n) is 12.7. The van der Waals surface area contributed by atoms with Crippen LogP contribution in [0, 0.1) is 13.8 Å². The van der Waals surface area contributed by atoms with Crippen LogP contribution in [-0.2, 0) is 13.5 Å². The van der Waals surface area contributed by atoms with Crippen LogP contribution in [0.5, 0.6) is 0 Å². The third-order valence-corrected chi connectivity index (χ3v) is 3.89. The molecule has 1 heterocycles. The monoisotopic (exact) mass is 277 g/mol. The van der Waals surface area contributed by atoms with E-state index in [0.717, 1.165) is 22.0 Å². The molecule has 0 saturated heterocycles. The Balaban J connectivity index is 1.98. The Morgan fingerprint density at radius 2 is 1.81 bits per heavy atom. The number of rotatable bonds is 3. The largest absolute Gasteiger partial charge is 0.350 e. The molecule has 2 heteroatoms. The lowest BCUT2D eigenvalue weighted by molar-refractivity contribution is 0.0994. The number of carbonyl (C=O) groups excluding carboxylic acids is 1. The van der Waals surface area contributed by atoms with Gasteiger partial charge >= 0.3 is 0 Å². The molecule has 0 spiro atoms. The molecule has 106 valence electrons. The summed E-state index contributed by atoms with van der Waals surface area (Å²) in [6.07, 6.45) is 2.40. The van der Waals surface area contributed by atoms with Crippen molar-refractivity contribution in [3.05, 3.63) is 70.9 Å². The first-order valence-electron chi connectivity index (χ1n) is 7.19. The number of fused-ring (bicyclic) bond motifs is 1.